The summed E-state index contributed by atoms with van der Waals surface area (Å²) in [5.41, 5.74) is 2.46. The van der Waals surface area contributed by atoms with Crippen LogP contribution in [0.3, 0.4) is 0 Å². The quantitative estimate of drug-likeness (QED) is 0.278. The molecule has 33 heavy (non-hydrogen) atoms. The van der Waals surface area contributed by atoms with Gasteiger partial charge in [0.25, 0.3) is 10.0 Å². The number of rotatable bonds is 7. The molecule has 0 N–H and O–H groups in total. The van der Waals surface area contributed by atoms with Crippen LogP contribution in [0.15, 0.2) is 77.7 Å². The number of fused-ring (bicyclic) bond motifs is 1. The van der Waals surface area contributed by atoms with Crippen LogP contribution in [0, 0.1) is 6.92 Å². The molecule has 0 fully saturated rings. The van der Waals surface area contributed by atoms with Gasteiger partial charge in [-0.1, -0.05) is 61.8 Å². The highest BCUT2D eigenvalue weighted by Crippen LogP contribution is 2.42. The third-order valence-corrected chi connectivity index (χ3v) is 9.88. The minimum absolute atomic E-state index is 0.244. The molecular weight excluding hydrogens is 473 g/mol. The van der Waals surface area contributed by atoms with Gasteiger partial charge in [0.05, 0.1) is 18.6 Å². The van der Waals surface area contributed by atoms with E-state index in [0.717, 1.165) is 16.0 Å². The predicted octanol–water partition coefficient (Wildman–Crippen LogP) is 6.35. The summed E-state index contributed by atoms with van der Waals surface area (Å²) in [6, 6.07) is 22.2. The maximum Gasteiger partial charge on any atom is 0.268 e. The largest absolute Gasteiger partial charge is 0.350 e. The van der Waals surface area contributed by atoms with Gasteiger partial charge >= 0.3 is 0 Å². The molecule has 172 valence electrons. The molecule has 1 atom stereocenters. The first kappa shape index (κ1) is 24.0. The number of hydrogen-bond donors (Lipinski definition) is 0. The second kappa shape index (κ2) is 9.60. The van der Waals surface area contributed by atoms with E-state index in [0.29, 0.717) is 28.8 Å². The molecule has 0 radical (unpaired) electrons. The zero-order valence-corrected chi connectivity index (χ0v) is 21.6. The first-order chi connectivity index (χ1) is 15.8. The standard InChI is InChI=1S/C26H27ClNO3PS/c1-5-31-32(22-11-9-10-20(16-22)18(2)3)26-19(4)28(25-15-14-21(27)17-24(25)26)33(29,30)23-12-7-6-8-13-23/h6-18H,5H2,1-4H3. The van der Waals surface area contributed by atoms with Crippen LogP contribution in [0.5, 0.6) is 0 Å². The number of benzene rings is 3. The van der Waals surface area contributed by atoms with Crippen LogP contribution in [-0.2, 0) is 14.5 Å². The Morgan fingerprint density at radius 1 is 1.00 bits per heavy atom. The SMILES string of the molecule is CCOP(c1cccc(C(C)C)c1)c1c(C)n(S(=O)(=O)c2ccccc2)c2ccc(Cl)cc12. The Kier molecular flexibility index (Phi) is 6.97. The highest BCUT2D eigenvalue weighted by Gasteiger charge is 2.30. The molecule has 0 aliphatic rings. The van der Waals surface area contributed by atoms with Gasteiger partial charge in [-0.15, -0.1) is 0 Å². The summed E-state index contributed by atoms with van der Waals surface area (Å²) in [4.78, 5) is 0.244. The van der Waals surface area contributed by atoms with Gasteiger partial charge in [0.1, 0.15) is 0 Å². The van der Waals surface area contributed by atoms with Gasteiger partial charge in [-0.2, -0.15) is 0 Å². The van der Waals surface area contributed by atoms with Gasteiger partial charge in [0.15, 0.2) is 0 Å². The van der Waals surface area contributed by atoms with Crippen molar-refractivity contribution in [1.82, 2.24) is 3.97 Å². The Labute approximate surface area is 202 Å². The molecule has 4 aromatic rings. The van der Waals surface area contributed by atoms with Crippen molar-refractivity contribution in [2.75, 3.05) is 6.61 Å². The van der Waals surface area contributed by atoms with Crippen molar-refractivity contribution in [1.29, 1.82) is 0 Å². The van der Waals surface area contributed by atoms with Crippen LogP contribution in [0.25, 0.3) is 10.9 Å². The molecule has 0 bridgehead atoms. The fourth-order valence-electron chi connectivity index (χ4n) is 4.02. The molecule has 0 spiro atoms. The maximum atomic E-state index is 13.7. The summed E-state index contributed by atoms with van der Waals surface area (Å²) in [6.45, 7) is 8.64. The smallest absolute Gasteiger partial charge is 0.268 e. The summed E-state index contributed by atoms with van der Waals surface area (Å²) >= 11 is 6.39. The van der Waals surface area contributed by atoms with Gasteiger partial charge in [-0.25, -0.2) is 12.4 Å². The normalized spacial score (nSPS) is 13.0. The maximum absolute atomic E-state index is 13.7. The predicted molar refractivity (Wildman–Crippen MR) is 139 cm³/mol. The number of hydrogen-bond acceptors (Lipinski definition) is 3. The molecule has 0 aliphatic heterocycles. The highest BCUT2D eigenvalue weighted by molar-refractivity contribution is 7.90. The lowest BCUT2D eigenvalue weighted by Crippen LogP contribution is -2.20. The average Bonchev–Trinajstić information content (AvgIpc) is 3.09. The number of aromatic nitrogens is 1. The van der Waals surface area contributed by atoms with Gasteiger partial charge in [0, 0.05) is 33.3 Å². The Morgan fingerprint density at radius 2 is 1.73 bits per heavy atom. The molecule has 1 aromatic heterocycles. The summed E-state index contributed by atoms with van der Waals surface area (Å²) in [5, 5.41) is 3.29. The van der Waals surface area contributed by atoms with E-state index >= 15 is 0 Å². The molecule has 1 unspecified atom stereocenters. The van der Waals surface area contributed by atoms with Crippen molar-refractivity contribution in [3.63, 3.8) is 0 Å². The Morgan fingerprint density at radius 3 is 2.39 bits per heavy atom. The minimum Gasteiger partial charge on any atom is -0.350 e. The second-order valence-electron chi connectivity index (χ2n) is 8.14. The van der Waals surface area contributed by atoms with Crippen molar-refractivity contribution >= 4 is 51.3 Å². The van der Waals surface area contributed by atoms with Crippen molar-refractivity contribution in [2.24, 2.45) is 0 Å². The first-order valence-corrected chi connectivity index (χ1v) is 14.0. The van der Waals surface area contributed by atoms with E-state index in [1.54, 1.807) is 42.5 Å². The van der Waals surface area contributed by atoms with Gasteiger partial charge in [-0.3, -0.25) is 0 Å². The molecule has 0 amide bonds. The third-order valence-electron chi connectivity index (χ3n) is 5.59. The zero-order valence-electron chi connectivity index (χ0n) is 19.1. The van der Waals surface area contributed by atoms with Crippen LogP contribution in [0.1, 0.15) is 37.9 Å². The van der Waals surface area contributed by atoms with Crippen molar-refractivity contribution in [3.8, 4) is 0 Å². The fourth-order valence-corrected chi connectivity index (χ4v) is 7.91. The Hall–Kier alpha value is -2.17. The zero-order chi connectivity index (χ0) is 23.8. The monoisotopic (exact) mass is 499 g/mol. The number of halogens is 1. The van der Waals surface area contributed by atoms with Crippen LogP contribution >= 0.6 is 19.7 Å². The molecule has 1 heterocycles. The molecule has 4 rings (SSSR count). The van der Waals surface area contributed by atoms with E-state index in [1.165, 1.54) is 9.54 Å². The van der Waals surface area contributed by atoms with Crippen molar-refractivity contribution < 1.29 is 12.9 Å². The summed E-state index contributed by atoms with van der Waals surface area (Å²) in [7, 11) is -5.08. The molecule has 0 aliphatic carbocycles. The van der Waals surface area contributed by atoms with Gasteiger partial charge < -0.3 is 4.52 Å². The van der Waals surface area contributed by atoms with E-state index < -0.39 is 18.2 Å². The summed E-state index contributed by atoms with van der Waals surface area (Å²) in [6.07, 6.45) is 0. The molecule has 3 aromatic carbocycles. The van der Waals surface area contributed by atoms with Crippen molar-refractivity contribution in [3.05, 3.63) is 89.1 Å². The van der Waals surface area contributed by atoms with E-state index in [2.05, 4.69) is 32.0 Å². The van der Waals surface area contributed by atoms with E-state index in [1.807, 2.05) is 26.0 Å². The fraction of sp³-hybridized carbons (Fsp3) is 0.231. The summed E-state index contributed by atoms with van der Waals surface area (Å²) < 4.78 is 35.2. The second-order valence-corrected chi connectivity index (χ2v) is 12.2. The van der Waals surface area contributed by atoms with E-state index in [4.69, 9.17) is 16.1 Å². The Balaban J connectivity index is 2.02. The topological polar surface area (TPSA) is 48.3 Å². The van der Waals surface area contributed by atoms with Crippen LogP contribution in [0.2, 0.25) is 5.02 Å². The lowest BCUT2D eigenvalue weighted by atomic mass is 10.0. The molecule has 0 saturated carbocycles. The lowest BCUT2D eigenvalue weighted by Gasteiger charge is -2.20. The highest BCUT2D eigenvalue weighted by atomic mass is 35.5. The van der Waals surface area contributed by atoms with Crippen LogP contribution in [-0.4, -0.2) is 19.0 Å². The van der Waals surface area contributed by atoms with Crippen LogP contribution in [0.4, 0.5) is 0 Å². The first-order valence-electron chi connectivity index (χ1n) is 10.9. The van der Waals surface area contributed by atoms with Crippen molar-refractivity contribution in [2.45, 2.75) is 38.5 Å². The summed E-state index contributed by atoms with van der Waals surface area (Å²) in [5.74, 6) is 0.374. The molecular formula is C26H27ClNO3PS. The molecule has 4 nitrogen and oxygen atoms in total. The minimum atomic E-state index is -3.81. The van der Waals surface area contributed by atoms with E-state index in [-0.39, 0.29) is 4.90 Å². The Bertz CT molecular complexity index is 1400. The van der Waals surface area contributed by atoms with E-state index in [9.17, 15) is 8.42 Å². The number of nitrogens with zero attached hydrogens (tertiary/aromatic N) is 1. The third kappa shape index (κ3) is 4.48. The molecule has 7 heteroatoms. The van der Waals surface area contributed by atoms with Gasteiger partial charge in [-0.05, 0) is 61.7 Å². The van der Waals surface area contributed by atoms with Gasteiger partial charge in [0.2, 0.25) is 0 Å². The van der Waals surface area contributed by atoms with Crippen LogP contribution < -0.4 is 10.6 Å². The average molecular weight is 500 g/mol. The molecule has 0 saturated heterocycles. The lowest BCUT2D eigenvalue weighted by molar-refractivity contribution is 0.388.